The highest BCUT2D eigenvalue weighted by molar-refractivity contribution is 6.32. The molecule has 0 saturated heterocycles. The van der Waals surface area contributed by atoms with Crippen LogP contribution in [0.2, 0.25) is 10.2 Å². The van der Waals surface area contributed by atoms with Crippen LogP contribution in [0.4, 0.5) is 5.69 Å². The molecule has 3 N–H and O–H groups in total. The van der Waals surface area contributed by atoms with Gasteiger partial charge in [0.2, 0.25) is 11.8 Å². The molecule has 1 atom stereocenters. The number of aliphatic hydroxyl groups is 1. The maximum absolute atomic E-state index is 13.2. The fraction of sp³-hybridized carbons (Fsp3) is 0.100. The Kier molecular flexibility index (Phi) is 9.47. The van der Waals surface area contributed by atoms with Gasteiger partial charge in [-0.15, -0.1) is 10.2 Å². The molecule has 13 heteroatoms. The van der Waals surface area contributed by atoms with Gasteiger partial charge < -0.3 is 15.7 Å². The van der Waals surface area contributed by atoms with Gasteiger partial charge >= 0.3 is 0 Å². The number of nitrogens with zero attached hydrogens (tertiary/aromatic N) is 6. The Labute approximate surface area is 256 Å². The zero-order chi connectivity index (χ0) is 30.2. The third-order valence-electron chi connectivity index (χ3n) is 6.35. The van der Waals surface area contributed by atoms with E-state index in [-0.39, 0.29) is 11.1 Å². The number of tetrazole rings is 1. The zero-order valence-electron chi connectivity index (χ0n) is 22.4. The molecular formula is C30H24Cl2N8O3. The zero-order valence-corrected chi connectivity index (χ0v) is 23.9. The smallest absolute Gasteiger partial charge is 0.250 e. The van der Waals surface area contributed by atoms with Crippen LogP contribution in [0.5, 0.6) is 0 Å². The number of carbonyl (C=O) groups is 2. The molecule has 5 rings (SSSR count). The Morgan fingerprint density at radius 1 is 0.977 bits per heavy atom. The van der Waals surface area contributed by atoms with Crippen LogP contribution < -0.4 is 10.6 Å². The molecule has 3 aromatic carbocycles. The highest BCUT2D eigenvalue weighted by Crippen LogP contribution is 2.30. The number of halogens is 2. The summed E-state index contributed by atoms with van der Waals surface area (Å²) in [6, 6.07) is 23.0. The van der Waals surface area contributed by atoms with Gasteiger partial charge in [-0.2, -0.15) is 9.78 Å². The highest BCUT2D eigenvalue weighted by Gasteiger charge is 2.19. The second-order valence-corrected chi connectivity index (χ2v) is 10.1. The lowest BCUT2D eigenvalue weighted by molar-refractivity contribution is -0.119. The average molecular weight is 615 g/mol. The molecule has 0 aliphatic rings. The van der Waals surface area contributed by atoms with Crippen LogP contribution in [-0.4, -0.2) is 53.9 Å². The lowest BCUT2D eigenvalue weighted by Gasteiger charge is -2.18. The second kappa shape index (κ2) is 13.8. The molecule has 0 saturated carbocycles. The van der Waals surface area contributed by atoms with Crippen molar-refractivity contribution < 1.29 is 14.7 Å². The largest absolute Gasteiger partial charge is 0.387 e. The summed E-state index contributed by atoms with van der Waals surface area (Å²) in [5.41, 5.74) is 4.61. The summed E-state index contributed by atoms with van der Waals surface area (Å²) >= 11 is 12.6. The summed E-state index contributed by atoms with van der Waals surface area (Å²) in [5.74, 6) is -0.889. The van der Waals surface area contributed by atoms with Crippen molar-refractivity contribution in [2.45, 2.75) is 12.5 Å². The molecule has 5 aromatic rings. The molecule has 2 heterocycles. The van der Waals surface area contributed by atoms with E-state index in [0.717, 1.165) is 11.1 Å². The van der Waals surface area contributed by atoms with Gasteiger partial charge in [0, 0.05) is 27.9 Å². The van der Waals surface area contributed by atoms with Gasteiger partial charge in [0.15, 0.2) is 5.15 Å². The monoisotopic (exact) mass is 614 g/mol. The summed E-state index contributed by atoms with van der Waals surface area (Å²) in [6.07, 6.45) is 4.93. The molecule has 0 unspecified atom stereocenters. The summed E-state index contributed by atoms with van der Waals surface area (Å²) < 4.78 is 1.48. The summed E-state index contributed by atoms with van der Waals surface area (Å²) in [7, 11) is 0. The van der Waals surface area contributed by atoms with Crippen LogP contribution >= 0.6 is 23.2 Å². The maximum atomic E-state index is 13.2. The first-order chi connectivity index (χ1) is 20.9. The molecule has 0 fully saturated rings. The van der Waals surface area contributed by atoms with Gasteiger partial charge in [0.25, 0.3) is 0 Å². The van der Waals surface area contributed by atoms with Crippen LogP contribution in [-0.2, 0) is 16.0 Å². The SMILES string of the molecule is O=C(/C=C/c1cc(Cl)ccc1-n1cnnn1)N[C@@H](Cc1ccccc1)c1cc(-c2ccc(NC(=O)CO)cc2)c(Cl)nn1. The topological polar surface area (TPSA) is 148 Å². The van der Waals surface area contributed by atoms with Crippen LogP contribution in [0, 0.1) is 0 Å². The standard InChI is InChI=1S/C30H24Cl2N8O3/c31-22-9-12-27(40-18-33-38-39-40)21(15-22)8-13-28(42)35-25(14-19-4-2-1-3-5-19)26-16-24(30(32)37-36-26)20-6-10-23(11-7-20)34-29(43)17-41/h1-13,15-16,18,25,41H,14,17H2,(H,34,43)(H,35,42)/b13-8+/t25-/m0/s1. The summed E-state index contributed by atoms with van der Waals surface area (Å²) in [5, 5.41) is 35.0. The minimum Gasteiger partial charge on any atom is -0.387 e. The predicted molar refractivity (Wildman–Crippen MR) is 162 cm³/mol. The second-order valence-electron chi connectivity index (χ2n) is 9.30. The van der Waals surface area contributed by atoms with Gasteiger partial charge in [0.1, 0.15) is 12.9 Å². The van der Waals surface area contributed by atoms with Crippen LogP contribution in [0.15, 0.2) is 91.3 Å². The van der Waals surface area contributed by atoms with E-state index in [1.165, 1.54) is 17.1 Å². The van der Waals surface area contributed by atoms with Crippen molar-refractivity contribution in [1.29, 1.82) is 0 Å². The number of aliphatic hydroxyl groups excluding tert-OH is 1. The van der Waals surface area contributed by atoms with Crippen molar-refractivity contribution in [3.05, 3.63) is 118 Å². The van der Waals surface area contributed by atoms with E-state index in [9.17, 15) is 9.59 Å². The van der Waals surface area contributed by atoms with Gasteiger partial charge in [-0.05, 0) is 70.4 Å². The Morgan fingerprint density at radius 2 is 1.77 bits per heavy atom. The Balaban J connectivity index is 1.42. The average Bonchev–Trinajstić information content (AvgIpc) is 3.56. The van der Waals surface area contributed by atoms with Gasteiger partial charge in [-0.3, -0.25) is 9.59 Å². The third kappa shape index (κ3) is 7.66. The van der Waals surface area contributed by atoms with E-state index in [1.807, 2.05) is 30.3 Å². The number of rotatable bonds is 10. The van der Waals surface area contributed by atoms with E-state index in [2.05, 4.69) is 36.4 Å². The number of amides is 2. The minimum absolute atomic E-state index is 0.177. The molecule has 0 radical (unpaired) electrons. The molecule has 216 valence electrons. The fourth-order valence-electron chi connectivity index (χ4n) is 4.30. The van der Waals surface area contributed by atoms with E-state index >= 15 is 0 Å². The highest BCUT2D eigenvalue weighted by atomic mass is 35.5. The van der Waals surface area contributed by atoms with E-state index in [4.69, 9.17) is 28.3 Å². The number of hydrogen-bond donors (Lipinski definition) is 3. The number of carbonyl (C=O) groups excluding carboxylic acids is 2. The normalized spacial score (nSPS) is 11.8. The van der Waals surface area contributed by atoms with Gasteiger partial charge in [-0.1, -0.05) is 65.7 Å². The number of nitrogens with one attached hydrogen (secondary N) is 2. The quantitative estimate of drug-likeness (QED) is 0.195. The van der Waals surface area contributed by atoms with Crippen molar-refractivity contribution in [2.75, 3.05) is 11.9 Å². The molecule has 0 aliphatic heterocycles. The lowest BCUT2D eigenvalue weighted by atomic mass is 10.00. The first-order valence-electron chi connectivity index (χ1n) is 13.0. The molecule has 43 heavy (non-hydrogen) atoms. The molecule has 11 nitrogen and oxygen atoms in total. The van der Waals surface area contributed by atoms with Crippen molar-refractivity contribution >= 4 is 46.8 Å². The van der Waals surface area contributed by atoms with Crippen LogP contribution in [0.1, 0.15) is 22.9 Å². The molecule has 2 aromatic heterocycles. The van der Waals surface area contributed by atoms with Gasteiger partial charge in [-0.25, -0.2) is 0 Å². The fourth-order valence-corrected chi connectivity index (χ4v) is 4.68. The molecule has 0 aliphatic carbocycles. The maximum Gasteiger partial charge on any atom is 0.250 e. The van der Waals surface area contributed by atoms with Crippen molar-refractivity contribution in [3.8, 4) is 16.8 Å². The minimum atomic E-state index is -0.617. The molecule has 0 bridgehead atoms. The van der Waals surface area contributed by atoms with Crippen molar-refractivity contribution in [1.82, 2.24) is 35.7 Å². The third-order valence-corrected chi connectivity index (χ3v) is 6.86. The summed E-state index contributed by atoms with van der Waals surface area (Å²) in [4.78, 5) is 24.7. The predicted octanol–water partition coefficient (Wildman–Crippen LogP) is 4.47. The number of benzene rings is 3. The van der Waals surface area contributed by atoms with Crippen LogP contribution in [0.3, 0.4) is 0 Å². The number of anilines is 1. The van der Waals surface area contributed by atoms with Crippen molar-refractivity contribution in [2.24, 2.45) is 0 Å². The lowest BCUT2D eigenvalue weighted by Crippen LogP contribution is -2.29. The first-order valence-corrected chi connectivity index (χ1v) is 13.7. The number of hydrogen-bond acceptors (Lipinski definition) is 8. The Hall–Kier alpha value is -4.97. The van der Waals surface area contributed by atoms with Crippen molar-refractivity contribution in [3.63, 3.8) is 0 Å². The molecule has 2 amide bonds. The van der Waals surface area contributed by atoms with Gasteiger partial charge in [0.05, 0.1) is 17.4 Å². The molecular weight excluding hydrogens is 591 g/mol. The van der Waals surface area contributed by atoms with E-state index in [1.54, 1.807) is 54.6 Å². The number of aromatic nitrogens is 6. The molecule has 0 spiro atoms. The Morgan fingerprint density at radius 3 is 2.49 bits per heavy atom. The Bertz CT molecular complexity index is 1750. The van der Waals surface area contributed by atoms with Crippen LogP contribution in [0.25, 0.3) is 22.9 Å². The van der Waals surface area contributed by atoms with E-state index in [0.29, 0.717) is 39.6 Å². The van der Waals surface area contributed by atoms with E-state index < -0.39 is 18.6 Å². The summed E-state index contributed by atoms with van der Waals surface area (Å²) in [6.45, 7) is -0.617. The first kappa shape index (κ1) is 29.5.